The van der Waals surface area contributed by atoms with E-state index in [0.29, 0.717) is 43.2 Å². The van der Waals surface area contributed by atoms with Crippen LogP contribution in [0.15, 0.2) is 48.5 Å². The molecule has 2 heterocycles. The molecule has 0 spiro atoms. The van der Waals surface area contributed by atoms with E-state index >= 15 is 0 Å². The van der Waals surface area contributed by atoms with Crippen LogP contribution >= 0.6 is 11.6 Å². The lowest BCUT2D eigenvalue weighted by Crippen LogP contribution is -2.38. The van der Waals surface area contributed by atoms with Gasteiger partial charge in [0.1, 0.15) is 23.0 Å². The molecule has 0 radical (unpaired) electrons. The molecule has 0 unspecified atom stereocenters. The number of amides is 1. The Morgan fingerprint density at radius 1 is 1.15 bits per heavy atom. The van der Waals surface area contributed by atoms with Crippen LogP contribution in [0, 0.1) is 0 Å². The summed E-state index contributed by atoms with van der Waals surface area (Å²) in [7, 11) is 1.63. The third kappa shape index (κ3) is 6.23. The first-order chi connectivity index (χ1) is 18.6. The molecule has 3 N–H and O–H groups in total. The molecule has 4 rings (SSSR count). The Kier molecular flexibility index (Phi) is 8.57. The van der Waals surface area contributed by atoms with E-state index in [2.05, 4.69) is 9.55 Å². The molecule has 0 aliphatic carbocycles. The lowest BCUT2D eigenvalue weighted by molar-refractivity contribution is -0.152. The van der Waals surface area contributed by atoms with E-state index in [9.17, 15) is 14.7 Å². The first kappa shape index (κ1) is 28.1. The number of nitrogen functional groups attached to an aromatic ring is 1. The molecule has 206 valence electrons. The highest BCUT2D eigenvalue weighted by atomic mass is 35.5. The van der Waals surface area contributed by atoms with E-state index in [0.717, 1.165) is 27.8 Å². The lowest BCUT2D eigenvalue weighted by Gasteiger charge is -2.25. The van der Waals surface area contributed by atoms with Gasteiger partial charge in [-0.15, -0.1) is 11.6 Å². The van der Waals surface area contributed by atoms with E-state index in [1.54, 1.807) is 30.2 Å². The molecule has 0 aliphatic heterocycles. The smallest absolute Gasteiger partial charge is 0.347 e. The molecular formula is C28H32ClN5O5. The molecule has 11 heteroatoms. The minimum Gasteiger partial charge on any atom is -0.478 e. The van der Waals surface area contributed by atoms with Gasteiger partial charge in [0, 0.05) is 38.6 Å². The van der Waals surface area contributed by atoms with Crippen molar-refractivity contribution >= 4 is 51.2 Å². The van der Waals surface area contributed by atoms with Crippen molar-refractivity contribution in [3.05, 3.63) is 59.9 Å². The quantitative estimate of drug-likeness (QED) is 0.253. The van der Waals surface area contributed by atoms with Crippen molar-refractivity contribution in [2.24, 2.45) is 0 Å². The maximum atomic E-state index is 12.9. The number of pyridine rings is 1. The van der Waals surface area contributed by atoms with Crippen LogP contribution < -0.4 is 10.5 Å². The molecular weight excluding hydrogens is 522 g/mol. The minimum atomic E-state index is -1.40. The minimum absolute atomic E-state index is 0.177. The SMILES string of the molecule is COCCc1nc2c(N)nc3ccccc3c2n1CCN(Cc1cccc(OC(C)(C)C(=O)O)c1)C(=O)CCl. The highest BCUT2D eigenvalue weighted by Gasteiger charge is 2.29. The van der Waals surface area contributed by atoms with Gasteiger partial charge in [-0.3, -0.25) is 4.79 Å². The molecule has 0 fully saturated rings. The molecule has 4 aromatic rings. The monoisotopic (exact) mass is 553 g/mol. The average Bonchev–Trinajstić information content (AvgIpc) is 3.28. The fraction of sp³-hybridized carbons (Fsp3) is 0.357. The molecule has 2 aromatic carbocycles. The zero-order chi connectivity index (χ0) is 28.2. The number of nitrogens with two attached hydrogens (primary N) is 1. The summed E-state index contributed by atoms with van der Waals surface area (Å²) in [4.78, 5) is 35.3. The van der Waals surface area contributed by atoms with Gasteiger partial charge in [-0.1, -0.05) is 30.3 Å². The number of methoxy groups -OCH3 is 1. The Balaban J connectivity index is 1.65. The average molecular weight is 554 g/mol. The molecule has 1 amide bonds. The number of fused-ring (bicyclic) bond motifs is 3. The fourth-order valence-electron chi connectivity index (χ4n) is 4.39. The highest BCUT2D eigenvalue weighted by molar-refractivity contribution is 6.27. The topological polar surface area (TPSA) is 133 Å². The standard InChI is InChI=1S/C28H32ClN5O5/c1-28(2,27(36)37)39-19-8-6-7-18(15-19)17-33(23(35)16-29)12-13-34-22(11-14-38-3)32-24-25(34)20-9-4-5-10-21(20)31-26(24)30/h4-10,15H,11-14,16-17H2,1-3H3,(H2,30,31)(H,36,37). The largest absolute Gasteiger partial charge is 0.478 e. The summed E-state index contributed by atoms with van der Waals surface area (Å²) in [6.07, 6.45) is 0.557. The van der Waals surface area contributed by atoms with Crippen molar-refractivity contribution in [3.63, 3.8) is 0 Å². The Bertz CT molecular complexity index is 1500. The predicted molar refractivity (Wildman–Crippen MR) is 150 cm³/mol. The molecule has 10 nitrogen and oxygen atoms in total. The molecule has 0 atom stereocenters. The normalized spacial score (nSPS) is 11.7. The van der Waals surface area contributed by atoms with Crippen LogP contribution in [0.5, 0.6) is 5.75 Å². The van der Waals surface area contributed by atoms with Gasteiger partial charge in [0.15, 0.2) is 11.4 Å². The number of aliphatic carboxylic acids is 1. The zero-order valence-corrected chi connectivity index (χ0v) is 22.9. The van der Waals surface area contributed by atoms with Gasteiger partial charge in [0.25, 0.3) is 0 Å². The van der Waals surface area contributed by atoms with Gasteiger partial charge < -0.3 is 29.8 Å². The third-order valence-electron chi connectivity index (χ3n) is 6.44. The van der Waals surface area contributed by atoms with Crippen LogP contribution in [0.2, 0.25) is 0 Å². The Morgan fingerprint density at radius 2 is 1.92 bits per heavy atom. The number of ether oxygens (including phenoxy) is 2. The number of imidazole rings is 1. The van der Waals surface area contributed by atoms with Crippen molar-refractivity contribution in [2.45, 2.75) is 39.0 Å². The number of carbonyl (C=O) groups excluding carboxylic acids is 1. The first-order valence-corrected chi connectivity index (χ1v) is 13.1. The van der Waals surface area contributed by atoms with Crippen molar-refractivity contribution in [2.75, 3.05) is 31.9 Å². The van der Waals surface area contributed by atoms with Gasteiger partial charge in [-0.2, -0.15) is 0 Å². The number of hydrogen-bond donors (Lipinski definition) is 2. The van der Waals surface area contributed by atoms with Gasteiger partial charge in [-0.25, -0.2) is 14.8 Å². The van der Waals surface area contributed by atoms with Gasteiger partial charge in [0.2, 0.25) is 5.91 Å². The number of alkyl halides is 1. The number of anilines is 1. The molecule has 0 aliphatic rings. The van der Waals surface area contributed by atoms with E-state index in [4.69, 9.17) is 31.8 Å². The molecule has 0 bridgehead atoms. The summed E-state index contributed by atoms with van der Waals surface area (Å²) < 4.78 is 13.0. The first-order valence-electron chi connectivity index (χ1n) is 12.5. The molecule has 0 saturated heterocycles. The van der Waals surface area contributed by atoms with E-state index in [-0.39, 0.29) is 18.3 Å². The number of carbonyl (C=O) groups is 2. The van der Waals surface area contributed by atoms with Gasteiger partial charge >= 0.3 is 5.97 Å². The van der Waals surface area contributed by atoms with Crippen LogP contribution in [0.4, 0.5) is 5.82 Å². The lowest BCUT2D eigenvalue weighted by atomic mass is 10.1. The number of rotatable bonds is 12. The number of aromatic nitrogens is 3. The molecule has 0 saturated carbocycles. The van der Waals surface area contributed by atoms with Gasteiger partial charge in [-0.05, 0) is 37.6 Å². The van der Waals surface area contributed by atoms with Crippen molar-refractivity contribution < 1.29 is 24.2 Å². The number of benzene rings is 2. The number of para-hydroxylation sites is 1. The van der Waals surface area contributed by atoms with Crippen molar-refractivity contribution in [1.29, 1.82) is 0 Å². The van der Waals surface area contributed by atoms with Crippen LogP contribution in [0.25, 0.3) is 21.9 Å². The summed E-state index contributed by atoms with van der Waals surface area (Å²) in [5, 5.41) is 10.3. The predicted octanol–water partition coefficient (Wildman–Crippen LogP) is 3.87. The molecule has 39 heavy (non-hydrogen) atoms. The second-order valence-electron chi connectivity index (χ2n) is 9.65. The van der Waals surface area contributed by atoms with Crippen LogP contribution in [0.3, 0.4) is 0 Å². The number of hydrogen-bond acceptors (Lipinski definition) is 7. The Labute approximate surface area is 231 Å². The van der Waals surface area contributed by atoms with Gasteiger partial charge in [0.05, 0.1) is 17.6 Å². The van der Waals surface area contributed by atoms with E-state index in [1.165, 1.54) is 13.8 Å². The summed E-state index contributed by atoms with van der Waals surface area (Å²) in [5.74, 6) is 0.0329. The maximum Gasteiger partial charge on any atom is 0.347 e. The zero-order valence-electron chi connectivity index (χ0n) is 22.2. The van der Waals surface area contributed by atoms with Crippen molar-refractivity contribution in [1.82, 2.24) is 19.4 Å². The maximum absolute atomic E-state index is 12.9. The summed E-state index contributed by atoms with van der Waals surface area (Å²) in [6.45, 7) is 4.48. The van der Waals surface area contributed by atoms with Crippen LogP contribution in [-0.2, 0) is 33.8 Å². The second kappa shape index (κ2) is 11.9. The summed E-state index contributed by atoms with van der Waals surface area (Å²) >= 11 is 5.98. The number of carboxylic acids is 1. The summed E-state index contributed by atoms with van der Waals surface area (Å²) in [6, 6.07) is 14.8. The highest BCUT2D eigenvalue weighted by Crippen LogP contribution is 2.29. The number of nitrogens with zero attached hydrogens (tertiary/aromatic N) is 4. The van der Waals surface area contributed by atoms with E-state index in [1.807, 2.05) is 30.3 Å². The fourth-order valence-corrected chi connectivity index (χ4v) is 4.56. The van der Waals surface area contributed by atoms with E-state index < -0.39 is 11.6 Å². The second-order valence-corrected chi connectivity index (χ2v) is 9.91. The summed E-state index contributed by atoms with van der Waals surface area (Å²) in [5.41, 5.74) is 7.90. The Hall–Kier alpha value is -3.89. The van der Waals surface area contributed by atoms with Crippen molar-refractivity contribution in [3.8, 4) is 5.75 Å². The number of carboxylic acid groups (broad SMARTS) is 1. The van der Waals surface area contributed by atoms with Crippen LogP contribution in [0.1, 0.15) is 25.2 Å². The number of halogens is 1. The third-order valence-corrected chi connectivity index (χ3v) is 6.67. The Morgan fingerprint density at radius 3 is 2.64 bits per heavy atom. The molecule has 2 aromatic heterocycles. The van der Waals surface area contributed by atoms with Crippen LogP contribution in [-0.4, -0.2) is 68.2 Å².